The van der Waals surface area contributed by atoms with Gasteiger partial charge in [0, 0.05) is 6.04 Å². The second-order valence-corrected chi connectivity index (χ2v) is 7.39. The molecule has 0 fully saturated rings. The molecule has 0 aromatic heterocycles. The first-order valence-corrected chi connectivity index (χ1v) is 8.29. The van der Waals surface area contributed by atoms with E-state index in [4.69, 9.17) is 4.29 Å². The summed E-state index contributed by atoms with van der Waals surface area (Å²) >= 11 is 0. The molecule has 0 heterocycles. The lowest BCUT2D eigenvalue weighted by molar-refractivity contribution is 0.227. The quantitative estimate of drug-likeness (QED) is 0.566. The Hall–Kier alpha value is -0.733. The highest BCUT2D eigenvalue weighted by Crippen LogP contribution is 2.13. The Balaban J connectivity index is 2.62. The van der Waals surface area contributed by atoms with E-state index in [1.54, 1.807) is 18.2 Å². The zero-order chi connectivity index (χ0) is 14.4. The molecule has 0 bridgehead atoms. The Labute approximate surface area is 99.8 Å². The molecule has 1 aromatic rings. The van der Waals surface area contributed by atoms with E-state index in [2.05, 4.69) is 14.4 Å². The lowest BCUT2D eigenvalue weighted by Crippen LogP contribution is -2.34. The Kier molecular flexibility index (Phi) is 2.95. The Morgan fingerprint density at radius 2 is 1.81 bits per heavy atom. The summed E-state index contributed by atoms with van der Waals surface area (Å²) in [6, 6.07) is 7.85. The highest BCUT2D eigenvalue weighted by molar-refractivity contribution is 7.91. The van der Waals surface area contributed by atoms with Crippen LogP contribution in [0.2, 0.25) is 6.04 Å². The number of benzene rings is 1. The van der Waals surface area contributed by atoms with Gasteiger partial charge in [0.2, 0.25) is 0 Å². The Morgan fingerprint density at radius 1 is 1.19 bits per heavy atom. The van der Waals surface area contributed by atoms with Crippen molar-refractivity contribution in [3.63, 3.8) is 0 Å². The molecule has 0 aliphatic carbocycles. The van der Waals surface area contributed by atoms with Gasteiger partial charge in [-0.25, -0.2) is 8.42 Å². The summed E-state index contributed by atoms with van der Waals surface area (Å²) in [7, 11) is -7.12. The lowest BCUT2D eigenvalue weighted by atomic mass is 10.4. The monoisotopic (exact) mass is 268 g/mol. The zero-order valence-electron chi connectivity index (χ0n) is 11.5. The molecule has 0 unspecified atom stereocenters. The molecular formula is C9H14O5SSi. The second kappa shape index (κ2) is 5.06. The summed E-state index contributed by atoms with van der Waals surface area (Å²) in [5, 5.41) is 0. The molecule has 1 rings (SSSR count). The molecule has 90 valence electrons. The molecule has 0 radical (unpaired) electrons. The van der Waals surface area contributed by atoms with Crippen molar-refractivity contribution in [2.24, 2.45) is 0 Å². The molecule has 0 amide bonds. The molecule has 0 saturated heterocycles. The molecule has 0 aliphatic rings. The third-order valence-electron chi connectivity index (χ3n) is 2.00. The van der Waals surface area contributed by atoms with E-state index in [9.17, 15) is 8.42 Å². The van der Waals surface area contributed by atoms with E-state index >= 15 is 0 Å². The highest BCUT2D eigenvalue weighted by atomic mass is 32.2. The third-order valence-corrected chi connectivity index (χ3v) is 4.78. The number of hydrogen-bond donors (Lipinski definition) is 3. The molecule has 0 aliphatic heterocycles. The molecule has 7 heteroatoms. The van der Waals surface area contributed by atoms with Crippen LogP contribution in [0.15, 0.2) is 35.2 Å². The number of hydrogen-bond acceptors (Lipinski definition) is 5. The van der Waals surface area contributed by atoms with Gasteiger partial charge in [-0.05, 0) is 18.6 Å². The summed E-state index contributed by atoms with van der Waals surface area (Å²) in [6.07, 6.45) is 0.0834. The van der Waals surface area contributed by atoms with Crippen molar-refractivity contribution in [3.05, 3.63) is 30.3 Å². The van der Waals surface area contributed by atoms with Gasteiger partial charge < -0.3 is 14.4 Å². The van der Waals surface area contributed by atoms with Gasteiger partial charge in [0.05, 0.1) is 10.6 Å². The van der Waals surface area contributed by atoms with Crippen molar-refractivity contribution in [1.29, 1.82) is 4.29 Å². The van der Waals surface area contributed by atoms with E-state index in [1.165, 1.54) is 12.1 Å². The highest BCUT2D eigenvalue weighted by Gasteiger charge is 2.27. The van der Waals surface area contributed by atoms with Crippen LogP contribution in [0.4, 0.5) is 0 Å². The molecule has 16 heavy (non-hydrogen) atoms. The molecule has 0 atom stereocenters. The number of rotatable bonds is 8. The minimum Gasteiger partial charge on any atom is -0.390 e. The van der Waals surface area contributed by atoms with Crippen molar-refractivity contribution in [2.45, 2.75) is 17.4 Å². The first kappa shape index (κ1) is 9.31. The fourth-order valence-electron chi connectivity index (χ4n) is 1.22. The van der Waals surface area contributed by atoms with Crippen molar-refractivity contribution < 1.29 is 22.8 Å². The smallest absolute Gasteiger partial charge is 0.390 e. The van der Waals surface area contributed by atoms with Gasteiger partial charge in [-0.15, -0.1) is 0 Å². The first-order valence-electron chi connectivity index (χ1n) is 5.93. The van der Waals surface area contributed by atoms with Gasteiger partial charge in [-0.2, -0.15) is 0 Å². The van der Waals surface area contributed by atoms with Gasteiger partial charge in [0.15, 0.2) is 14.1 Å². The Bertz CT molecular complexity index is 472. The van der Waals surface area contributed by atoms with Gasteiger partial charge in [-0.1, -0.05) is 18.2 Å². The van der Waals surface area contributed by atoms with Crippen LogP contribution in [-0.2, 0) is 9.84 Å². The number of sulfone groups is 1. The summed E-state index contributed by atoms with van der Waals surface area (Å²) in [6.45, 7) is 0. The predicted octanol–water partition coefficient (Wildman–Crippen LogP) is -0.234. The predicted molar refractivity (Wildman–Crippen MR) is 60.3 cm³/mol. The fraction of sp³-hybridized carbons (Fsp3) is 0.333. The van der Waals surface area contributed by atoms with Gasteiger partial charge in [-0.3, -0.25) is 0 Å². The molecule has 0 spiro atoms. The van der Waals surface area contributed by atoms with Crippen molar-refractivity contribution in [2.75, 3.05) is 5.75 Å². The van der Waals surface area contributed by atoms with E-state index in [0.717, 1.165) is 0 Å². The maximum Gasteiger partial charge on any atom is 0.492 e. The first-order chi connectivity index (χ1) is 8.99. The van der Waals surface area contributed by atoms with Gasteiger partial charge >= 0.3 is 8.80 Å². The van der Waals surface area contributed by atoms with Gasteiger partial charge in [0.1, 0.15) is 0 Å². The summed E-state index contributed by atoms with van der Waals surface area (Å²) in [5.74, 6) is -0.193. The zero-order valence-corrected chi connectivity index (χ0v) is 10.3. The van der Waals surface area contributed by atoms with Crippen LogP contribution in [0, 0.1) is 0 Å². The molecular weight excluding hydrogens is 248 g/mol. The standard InChI is InChI=1S/C9H14O5SSi/c10-15(11,7-4-8-16(12,13)14)9-5-2-1-3-6-9/h1-3,5-6,12-14H,4,7-8H2/i12T,13T,14T. The summed E-state index contributed by atoms with van der Waals surface area (Å²) < 4.78 is 44.1. The molecule has 3 N–H and O–H groups in total. The Morgan fingerprint density at radius 3 is 2.38 bits per heavy atom. The van der Waals surface area contributed by atoms with Crippen LogP contribution < -0.4 is 0 Å². The summed E-state index contributed by atoms with van der Waals surface area (Å²) in [5.41, 5.74) is 0. The average Bonchev–Trinajstić information content (AvgIpc) is 2.45. The fourth-order valence-corrected chi connectivity index (χ4v) is 3.42. The van der Waals surface area contributed by atoms with Crippen LogP contribution in [0.25, 0.3) is 0 Å². The topological polar surface area (TPSA) is 94.8 Å². The van der Waals surface area contributed by atoms with Crippen LogP contribution >= 0.6 is 0 Å². The summed E-state index contributed by atoms with van der Waals surface area (Å²) in [4.78, 5) is 12.6. The molecule has 0 saturated carbocycles. The average molecular weight is 268 g/mol. The maximum absolute atomic E-state index is 11.9. The normalized spacial score (nSPS) is 15.1. The molecule has 1 aromatic carbocycles. The van der Waals surface area contributed by atoms with Crippen molar-refractivity contribution in [1.82, 2.24) is 0 Å². The van der Waals surface area contributed by atoms with Crippen molar-refractivity contribution in [3.8, 4) is 0 Å². The third kappa shape index (κ3) is 4.41. The minimum atomic E-state index is -3.68. The molecule has 5 nitrogen and oxygen atoms in total. The van der Waals surface area contributed by atoms with Gasteiger partial charge in [0.25, 0.3) is 0 Å². The van der Waals surface area contributed by atoms with E-state index in [1.807, 2.05) is 0 Å². The van der Waals surface area contributed by atoms with E-state index in [0.29, 0.717) is 0 Å². The largest absolute Gasteiger partial charge is 0.492 e. The lowest BCUT2D eigenvalue weighted by Gasteiger charge is -2.09. The maximum atomic E-state index is 11.9. The van der Waals surface area contributed by atoms with Crippen LogP contribution in [0.3, 0.4) is 0 Å². The second-order valence-electron chi connectivity index (χ2n) is 3.42. The van der Waals surface area contributed by atoms with E-state index in [-0.39, 0.29) is 23.1 Å². The van der Waals surface area contributed by atoms with Crippen LogP contribution in [-0.4, -0.2) is 41.7 Å². The minimum absolute atomic E-state index is 0.0834. The van der Waals surface area contributed by atoms with E-state index < -0.39 is 18.6 Å². The van der Waals surface area contributed by atoms with Crippen molar-refractivity contribution >= 4 is 18.6 Å². The SMILES string of the molecule is [3H]O[Si](CCCS(=O)(=O)c1ccccc1)(O[3H])O[3H]. The van der Waals surface area contributed by atoms with Crippen LogP contribution in [0.5, 0.6) is 0 Å². The van der Waals surface area contributed by atoms with Crippen LogP contribution in [0.1, 0.15) is 6.42 Å².